The lowest BCUT2D eigenvalue weighted by molar-refractivity contribution is 0.0986. The zero-order valence-electron chi connectivity index (χ0n) is 15.3. The maximum absolute atomic E-state index is 12.4. The second-order valence-corrected chi connectivity index (χ2v) is 7.05. The topological polar surface area (TPSA) is 72.5 Å². The molecule has 2 aliphatic heterocycles. The highest BCUT2D eigenvalue weighted by atomic mass is 16.2. The van der Waals surface area contributed by atoms with Gasteiger partial charge in [-0.05, 0) is 23.6 Å². The molecule has 1 aromatic carbocycles. The van der Waals surface area contributed by atoms with Gasteiger partial charge in [-0.15, -0.1) is 0 Å². The molecule has 3 N–H and O–H groups in total. The van der Waals surface area contributed by atoms with Crippen LogP contribution in [-0.4, -0.2) is 53.2 Å². The van der Waals surface area contributed by atoms with Crippen molar-refractivity contribution in [1.29, 1.82) is 0 Å². The largest absolute Gasteiger partial charge is 0.334 e. The second-order valence-electron chi connectivity index (χ2n) is 7.05. The van der Waals surface area contributed by atoms with E-state index in [2.05, 4.69) is 32.1 Å². The summed E-state index contributed by atoms with van der Waals surface area (Å²) >= 11 is 0. The highest BCUT2D eigenvalue weighted by molar-refractivity contribution is 5.74. The van der Waals surface area contributed by atoms with Crippen molar-refractivity contribution in [3.05, 3.63) is 66.0 Å². The third-order valence-corrected chi connectivity index (χ3v) is 5.30. The van der Waals surface area contributed by atoms with E-state index in [-0.39, 0.29) is 18.2 Å². The van der Waals surface area contributed by atoms with Crippen molar-refractivity contribution < 1.29 is 4.79 Å². The molecular formula is C20H26N6O. The van der Waals surface area contributed by atoms with Crippen molar-refractivity contribution in [2.24, 2.45) is 0 Å². The zero-order chi connectivity index (χ0) is 18.5. The summed E-state index contributed by atoms with van der Waals surface area (Å²) < 4.78 is 0. The van der Waals surface area contributed by atoms with Crippen LogP contribution in [-0.2, 0) is 6.54 Å². The number of nitrogens with zero attached hydrogens (tertiary/aromatic N) is 3. The maximum Gasteiger partial charge on any atom is 0.317 e. The summed E-state index contributed by atoms with van der Waals surface area (Å²) in [5.74, 6) is 0. The van der Waals surface area contributed by atoms with E-state index in [9.17, 15) is 4.79 Å². The van der Waals surface area contributed by atoms with Crippen LogP contribution in [0.5, 0.6) is 0 Å². The number of rotatable bonds is 4. The lowest BCUT2D eigenvalue weighted by Crippen LogP contribution is -2.56. The number of carbonyl (C=O) groups excluding carboxylic acids is 1. The van der Waals surface area contributed by atoms with Gasteiger partial charge in [0.05, 0.1) is 12.2 Å². The van der Waals surface area contributed by atoms with Crippen LogP contribution in [0.3, 0.4) is 0 Å². The number of nitrogens with one attached hydrogen (secondary N) is 3. The van der Waals surface area contributed by atoms with Gasteiger partial charge in [0, 0.05) is 45.1 Å². The summed E-state index contributed by atoms with van der Waals surface area (Å²) in [5.41, 5.74) is 9.08. The first-order chi connectivity index (χ1) is 13.3. The van der Waals surface area contributed by atoms with Gasteiger partial charge in [-0.25, -0.2) is 15.6 Å². The Morgan fingerprint density at radius 2 is 1.89 bits per heavy atom. The highest BCUT2D eigenvalue weighted by Gasteiger charge is 2.32. The zero-order valence-corrected chi connectivity index (χ0v) is 15.3. The molecule has 4 rings (SSSR count). The summed E-state index contributed by atoms with van der Waals surface area (Å²) in [6, 6.07) is 14.4. The molecule has 0 radical (unpaired) electrons. The molecule has 7 heteroatoms. The molecule has 27 heavy (non-hydrogen) atoms. The normalized spacial score (nSPS) is 23.3. The molecule has 2 fully saturated rings. The van der Waals surface area contributed by atoms with E-state index >= 15 is 0 Å². The second kappa shape index (κ2) is 8.47. The summed E-state index contributed by atoms with van der Waals surface area (Å²) in [7, 11) is 0. The number of aromatic nitrogens is 1. The molecule has 2 aliphatic rings. The molecule has 1 aromatic heterocycles. The summed E-state index contributed by atoms with van der Waals surface area (Å²) in [4.78, 5) is 20.9. The van der Waals surface area contributed by atoms with E-state index in [1.165, 1.54) is 5.56 Å². The molecule has 3 heterocycles. The van der Waals surface area contributed by atoms with E-state index in [0.717, 1.165) is 38.2 Å². The fraction of sp³-hybridized carbons (Fsp3) is 0.400. The van der Waals surface area contributed by atoms with Gasteiger partial charge in [-0.1, -0.05) is 36.4 Å². The number of benzene rings is 1. The van der Waals surface area contributed by atoms with E-state index < -0.39 is 0 Å². The molecule has 2 saturated heterocycles. The van der Waals surface area contributed by atoms with Crippen LogP contribution in [0, 0.1) is 0 Å². The Morgan fingerprint density at radius 1 is 1.07 bits per heavy atom. The molecule has 2 unspecified atom stereocenters. The van der Waals surface area contributed by atoms with Gasteiger partial charge < -0.3 is 10.2 Å². The average Bonchev–Trinajstić information content (AvgIpc) is 3.24. The minimum absolute atomic E-state index is 0.0178. The number of hydrogen-bond acceptors (Lipinski definition) is 5. The Bertz CT molecular complexity index is 733. The quantitative estimate of drug-likeness (QED) is 0.764. The van der Waals surface area contributed by atoms with Crippen LogP contribution >= 0.6 is 0 Å². The maximum atomic E-state index is 12.4. The van der Waals surface area contributed by atoms with Gasteiger partial charge >= 0.3 is 6.03 Å². The Labute approximate surface area is 159 Å². The predicted molar refractivity (Wildman–Crippen MR) is 103 cm³/mol. The van der Waals surface area contributed by atoms with E-state index in [4.69, 9.17) is 0 Å². The lowest BCUT2D eigenvalue weighted by atomic mass is 10.1. The Hall–Kier alpha value is -2.48. The Kier molecular flexibility index (Phi) is 5.62. The van der Waals surface area contributed by atoms with E-state index in [1.54, 1.807) is 6.20 Å². The SMILES string of the molecule is O=C(NCc1ccccc1)N1CCN(C2CC(c3cccnc3)NN2)CC1. The van der Waals surface area contributed by atoms with Gasteiger partial charge in [0.1, 0.15) is 0 Å². The predicted octanol–water partition coefficient (Wildman–Crippen LogP) is 1.47. The first-order valence-corrected chi connectivity index (χ1v) is 9.51. The summed E-state index contributed by atoms with van der Waals surface area (Å²) in [5, 5.41) is 3.02. The van der Waals surface area contributed by atoms with Gasteiger partial charge in [0.25, 0.3) is 0 Å². The minimum Gasteiger partial charge on any atom is -0.334 e. The molecule has 0 aliphatic carbocycles. The number of pyridine rings is 1. The van der Waals surface area contributed by atoms with Gasteiger partial charge in [0.15, 0.2) is 0 Å². The first kappa shape index (κ1) is 17.9. The van der Waals surface area contributed by atoms with E-state index in [0.29, 0.717) is 6.54 Å². The summed E-state index contributed by atoms with van der Waals surface area (Å²) in [6.07, 6.45) is 4.98. The van der Waals surface area contributed by atoms with Gasteiger partial charge in [-0.3, -0.25) is 9.88 Å². The van der Waals surface area contributed by atoms with Crippen LogP contribution in [0.2, 0.25) is 0 Å². The minimum atomic E-state index is 0.0178. The van der Waals surface area contributed by atoms with Crippen LogP contribution in [0.15, 0.2) is 54.9 Å². The first-order valence-electron chi connectivity index (χ1n) is 9.51. The molecule has 2 aromatic rings. The fourth-order valence-electron chi connectivity index (χ4n) is 3.70. The standard InChI is InChI=1S/C20H26N6O/c27-20(22-14-16-5-2-1-3-6-16)26-11-9-25(10-12-26)19-13-18(23-24-19)17-7-4-8-21-15-17/h1-8,15,18-19,23-24H,9-14H2,(H,22,27). The molecule has 0 bridgehead atoms. The lowest BCUT2D eigenvalue weighted by Gasteiger charge is -2.37. The van der Waals surface area contributed by atoms with Crippen molar-refractivity contribution in [3.63, 3.8) is 0 Å². The van der Waals surface area contributed by atoms with Crippen molar-refractivity contribution in [1.82, 2.24) is 31.0 Å². The van der Waals surface area contributed by atoms with Crippen molar-refractivity contribution >= 4 is 6.03 Å². The number of carbonyl (C=O) groups is 1. The number of urea groups is 1. The third-order valence-electron chi connectivity index (χ3n) is 5.30. The average molecular weight is 366 g/mol. The fourth-order valence-corrected chi connectivity index (χ4v) is 3.70. The number of hydrazine groups is 1. The van der Waals surface area contributed by atoms with Crippen molar-refractivity contribution in [2.45, 2.75) is 25.2 Å². The molecule has 7 nitrogen and oxygen atoms in total. The molecule has 0 saturated carbocycles. The van der Waals surface area contributed by atoms with Gasteiger partial charge in [0.2, 0.25) is 0 Å². The summed E-state index contributed by atoms with van der Waals surface area (Å²) in [6.45, 7) is 3.81. The third kappa shape index (κ3) is 4.44. The van der Waals surface area contributed by atoms with E-state index in [1.807, 2.05) is 47.5 Å². The number of hydrogen-bond donors (Lipinski definition) is 3. The van der Waals surface area contributed by atoms with Crippen molar-refractivity contribution in [3.8, 4) is 0 Å². The Balaban J connectivity index is 1.23. The van der Waals surface area contributed by atoms with Crippen LogP contribution < -0.4 is 16.2 Å². The highest BCUT2D eigenvalue weighted by Crippen LogP contribution is 2.23. The van der Waals surface area contributed by atoms with Crippen LogP contribution in [0.1, 0.15) is 23.6 Å². The molecule has 142 valence electrons. The molecular weight excluding hydrogens is 340 g/mol. The smallest absolute Gasteiger partial charge is 0.317 e. The number of amides is 2. The number of piperazine rings is 1. The van der Waals surface area contributed by atoms with Crippen LogP contribution in [0.4, 0.5) is 4.79 Å². The monoisotopic (exact) mass is 366 g/mol. The van der Waals surface area contributed by atoms with Crippen LogP contribution in [0.25, 0.3) is 0 Å². The van der Waals surface area contributed by atoms with Crippen molar-refractivity contribution in [2.75, 3.05) is 26.2 Å². The molecule has 2 amide bonds. The Morgan fingerprint density at radius 3 is 2.63 bits per heavy atom. The molecule has 2 atom stereocenters. The molecule has 0 spiro atoms. The van der Waals surface area contributed by atoms with Gasteiger partial charge in [-0.2, -0.15) is 0 Å².